The molecule has 1 N–H and O–H groups in total. The number of likely N-dealkylation sites (N-methyl/N-ethyl adjacent to an activating group) is 1. The van der Waals surface area contributed by atoms with Crippen molar-refractivity contribution in [2.45, 2.75) is 17.9 Å². The summed E-state index contributed by atoms with van der Waals surface area (Å²) in [5.74, 6) is -0.369. The zero-order valence-electron chi connectivity index (χ0n) is 15.2. The minimum atomic E-state index is -3.76. The number of nitrogens with zero attached hydrogens (tertiary/aromatic N) is 2. The van der Waals surface area contributed by atoms with Gasteiger partial charge in [0, 0.05) is 19.4 Å². The maximum atomic E-state index is 12.8. The summed E-state index contributed by atoms with van der Waals surface area (Å²) in [6.45, 7) is 1.58. The molecule has 3 rings (SSSR count). The monoisotopic (exact) mass is 383 g/mol. The molecule has 1 atom stereocenters. The van der Waals surface area contributed by atoms with Crippen LogP contribution in [0.2, 0.25) is 0 Å². The third kappa shape index (κ3) is 4.32. The Labute approximate surface area is 158 Å². The maximum Gasteiger partial charge on any atom is 0.243 e. The first-order chi connectivity index (χ1) is 12.9. The molecule has 3 aromatic rings. The van der Waals surface area contributed by atoms with Crippen LogP contribution in [-0.4, -0.2) is 37.2 Å². The van der Waals surface area contributed by atoms with Crippen LogP contribution < -0.4 is 5.32 Å². The fourth-order valence-corrected chi connectivity index (χ4v) is 3.98. The first kappa shape index (κ1) is 19.0. The van der Waals surface area contributed by atoms with E-state index in [1.807, 2.05) is 31.2 Å². The Bertz CT molecular complexity index is 1050. The Morgan fingerprint density at radius 2 is 1.74 bits per heavy atom. The van der Waals surface area contributed by atoms with Gasteiger partial charge in [0.1, 0.15) is 0 Å². The number of sulfonamides is 1. The minimum absolute atomic E-state index is 0.165. The van der Waals surface area contributed by atoms with Crippen LogP contribution in [0.15, 0.2) is 71.9 Å². The summed E-state index contributed by atoms with van der Waals surface area (Å²) < 4.78 is 26.7. The SMILES string of the molecule is CC(NC(=O)CN(C)S(=O)(=O)c1ccc2ccccc2c1)c1ccncc1. The number of carbonyl (C=O) groups is 1. The van der Waals surface area contributed by atoms with Crippen molar-refractivity contribution in [3.05, 3.63) is 72.6 Å². The molecule has 0 fully saturated rings. The topological polar surface area (TPSA) is 79.4 Å². The Morgan fingerprint density at radius 3 is 2.44 bits per heavy atom. The molecule has 2 aromatic carbocycles. The van der Waals surface area contributed by atoms with Crippen LogP contribution in [0.3, 0.4) is 0 Å². The molecule has 0 aliphatic rings. The van der Waals surface area contributed by atoms with Gasteiger partial charge in [-0.05, 0) is 47.5 Å². The lowest BCUT2D eigenvalue weighted by molar-refractivity contribution is -0.121. The van der Waals surface area contributed by atoms with Crippen molar-refractivity contribution in [2.24, 2.45) is 0 Å². The van der Waals surface area contributed by atoms with E-state index < -0.39 is 10.0 Å². The summed E-state index contributed by atoms with van der Waals surface area (Å²) in [7, 11) is -2.36. The highest BCUT2D eigenvalue weighted by Crippen LogP contribution is 2.21. The van der Waals surface area contributed by atoms with Crippen LogP contribution in [0.25, 0.3) is 10.8 Å². The van der Waals surface area contributed by atoms with Crippen molar-refractivity contribution in [3.8, 4) is 0 Å². The number of hydrogen-bond donors (Lipinski definition) is 1. The minimum Gasteiger partial charge on any atom is -0.348 e. The van der Waals surface area contributed by atoms with Crippen LogP contribution in [-0.2, 0) is 14.8 Å². The van der Waals surface area contributed by atoms with E-state index in [4.69, 9.17) is 0 Å². The standard InChI is InChI=1S/C20H21N3O3S/c1-15(16-9-11-21-12-10-16)22-20(24)14-23(2)27(25,26)19-8-7-17-5-3-4-6-18(17)13-19/h3-13,15H,14H2,1-2H3,(H,22,24). The lowest BCUT2D eigenvalue weighted by Crippen LogP contribution is -2.39. The number of rotatable bonds is 6. The summed E-state index contributed by atoms with van der Waals surface area (Å²) in [6, 6.07) is 15.9. The van der Waals surface area contributed by atoms with E-state index in [9.17, 15) is 13.2 Å². The van der Waals surface area contributed by atoms with Gasteiger partial charge in [-0.15, -0.1) is 0 Å². The van der Waals surface area contributed by atoms with Gasteiger partial charge in [-0.2, -0.15) is 4.31 Å². The van der Waals surface area contributed by atoms with Crippen molar-refractivity contribution in [3.63, 3.8) is 0 Å². The molecule has 6 nitrogen and oxygen atoms in total. The number of nitrogens with one attached hydrogen (secondary N) is 1. The smallest absolute Gasteiger partial charge is 0.243 e. The molecule has 1 unspecified atom stereocenters. The van der Waals surface area contributed by atoms with Crippen molar-refractivity contribution < 1.29 is 13.2 Å². The second-order valence-corrected chi connectivity index (χ2v) is 8.38. The van der Waals surface area contributed by atoms with Crippen LogP contribution in [0.5, 0.6) is 0 Å². The summed E-state index contributed by atoms with van der Waals surface area (Å²) in [5.41, 5.74) is 0.901. The lowest BCUT2D eigenvalue weighted by Gasteiger charge is -2.19. The summed E-state index contributed by atoms with van der Waals surface area (Å²) >= 11 is 0. The Balaban J connectivity index is 1.71. The number of aromatic nitrogens is 1. The van der Waals surface area contributed by atoms with Gasteiger partial charge in [0.2, 0.25) is 15.9 Å². The van der Waals surface area contributed by atoms with Crippen LogP contribution >= 0.6 is 0 Å². The number of fused-ring (bicyclic) bond motifs is 1. The Hall–Kier alpha value is -2.77. The highest BCUT2D eigenvalue weighted by Gasteiger charge is 2.23. The molecule has 0 bridgehead atoms. The van der Waals surface area contributed by atoms with E-state index in [0.717, 1.165) is 20.6 Å². The van der Waals surface area contributed by atoms with E-state index in [1.54, 1.807) is 42.7 Å². The zero-order valence-corrected chi connectivity index (χ0v) is 16.0. The largest absolute Gasteiger partial charge is 0.348 e. The number of hydrogen-bond acceptors (Lipinski definition) is 4. The number of benzene rings is 2. The molecule has 0 aliphatic carbocycles. The molecule has 0 saturated carbocycles. The fourth-order valence-electron chi connectivity index (χ4n) is 2.82. The quantitative estimate of drug-likeness (QED) is 0.710. The third-order valence-corrected chi connectivity index (χ3v) is 6.18. The van der Waals surface area contributed by atoms with Gasteiger partial charge in [-0.3, -0.25) is 9.78 Å². The van der Waals surface area contributed by atoms with Crippen molar-refractivity contribution in [1.29, 1.82) is 0 Å². The first-order valence-corrected chi connectivity index (χ1v) is 9.96. The van der Waals surface area contributed by atoms with E-state index in [0.29, 0.717) is 0 Å². The van der Waals surface area contributed by atoms with Crippen LogP contribution in [0, 0.1) is 0 Å². The lowest BCUT2D eigenvalue weighted by atomic mass is 10.1. The van der Waals surface area contributed by atoms with Crippen molar-refractivity contribution in [1.82, 2.24) is 14.6 Å². The highest BCUT2D eigenvalue weighted by atomic mass is 32.2. The van der Waals surface area contributed by atoms with E-state index in [-0.39, 0.29) is 23.4 Å². The number of pyridine rings is 1. The molecule has 0 spiro atoms. The van der Waals surface area contributed by atoms with Crippen LogP contribution in [0.1, 0.15) is 18.5 Å². The maximum absolute atomic E-state index is 12.8. The summed E-state index contributed by atoms with van der Waals surface area (Å²) in [4.78, 5) is 16.4. The van der Waals surface area contributed by atoms with Gasteiger partial charge in [0.15, 0.2) is 0 Å². The zero-order chi connectivity index (χ0) is 19.4. The van der Waals surface area contributed by atoms with Gasteiger partial charge in [0.05, 0.1) is 17.5 Å². The van der Waals surface area contributed by atoms with Crippen LogP contribution in [0.4, 0.5) is 0 Å². The molecule has 0 radical (unpaired) electrons. The number of amides is 1. The Morgan fingerprint density at radius 1 is 1.07 bits per heavy atom. The second kappa shape index (κ2) is 7.85. The normalized spacial score (nSPS) is 12.9. The molecule has 140 valence electrons. The second-order valence-electron chi connectivity index (χ2n) is 6.34. The molecule has 0 saturated heterocycles. The molecule has 0 aliphatic heterocycles. The molecular formula is C20H21N3O3S. The van der Waals surface area contributed by atoms with Crippen molar-refractivity contribution >= 4 is 26.7 Å². The summed E-state index contributed by atoms with van der Waals surface area (Å²) in [6.07, 6.45) is 3.29. The Kier molecular flexibility index (Phi) is 5.53. The predicted octanol–water partition coefficient (Wildman–Crippen LogP) is 2.73. The average Bonchev–Trinajstić information content (AvgIpc) is 2.68. The van der Waals surface area contributed by atoms with Gasteiger partial charge < -0.3 is 5.32 Å². The van der Waals surface area contributed by atoms with E-state index in [2.05, 4.69) is 10.3 Å². The predicted molar refractivity (Wildman–Crippen MR) is 105 cm³/mol. The third-order valence-electron chi connectivity index (χ3n) is 4.38. The van der Waals surface area contributed by atoms with Gasteiger partial charge in [-0.25, -0.2) is 8.42 Å². The van der Waals surface area contributed by atoms with Gasteiger partial charge in [0.25, 0.3) is 0 Å². The molecule has 1 heterocycles. The molecule has 1 amide bonds. The first-order valence-electron chi connectivity index (χ1n) is 8.52. The fraction of sp³-hybridized carbons (Fsp3) is 0.200. The highest BCUT2D eigenvalue weighted by molar-refractivity contribution is 7.89. The molecule has 1 aromatic heterocycles. The number of carbonyl (C=O) groups excluding carboxylic acids is 1. The van der Waals surface area contributed by atoms with E-state index in [1.165, 1.54) is 7.05 Å². The van der Waals surface area contributed by atoms with Gasteiger partial charge >= 0.3 is 0 Å². The van der Waals surface area contributed by atoms with Gasteiger partial charge in [-0.1, -0.05) is 30.3 Å². The molecular weight excluding hydrogens is 362 g/mol. The molecule has 27 heavy (non-hydrogen) atoms. The molecule has 7 heteroatoms. The average molecular weight is 383 g/mol. The summed E-state index contributed by atoms with van der Waals surface area (Å²) in [5, 5.41) is 4.60. The van der Waals surface area contributed by atoms with Crippen molar-refractivity contribution in [2.75, 3.05) is 13.6 Å². The van der Waals surface area contributed by atoms with E-state index >= 15 is 0 Å².